The van der Waals surface area contributed by atoms with Crippen LogP contribution >= 0.6 is 0 Å². The fourth-order valence-electron chi connectivity index (χ4n) is 3.65. The van der Waals surface area contributed by atoms with Gasteiger partial charge in [0.25, 0.3) is 0 Å². The van der Waals surface area contributed by atoms with E-state index in [-0.39, 0.29) is 0 Å². The minimum Gasteiger partial charge on any atom is -0.328 e. The molecule has 19 heavy (non-hydrogen) atoms. The largest absolute Gasteiger partial charge is 0.328 e. The first-order valence-corrected chi connectivity index (χ1v) is 7.51. The third-order valence-corrected chi connectivity index (χ3v) is 4.48. The SMILES string of the molecule is CC(C)Cn1ncnc1CN1C2CCC1CC(N)C2. The molecule has 2 aliphatic rings. The third kappa shape index (κ3) is 2.67. The minimum absolute atomic E-state index is 0.405. The molecule has 5 heteroatoms. The lowest BCUT2D eigenvalue weighted by atomic mass is 9.98. The number of nitrogens with two attached hydrogens (primary N) is 1. The molecule has 2 unspecified atom stereocenters. The van der Waals surface area contributed by atoms with E-state index in [1.165, 1.54) is 12.8 Å². The lowest BCUT2D eigenvalue weighted by Gasteiger charge is -2.37. The predicted octanol–water partition coefficient (Wildman–Crippen LogP) is 1.39. The molecule has 0 aromatic carbocycles. The topological polar surface area (TPSA) is 60.0 Å². The van der Waals surface area contributed by atoms with Crippen molar-refractivity contribution in [3.63, 3.8) is 0 Å². The summed E-state index contributed by atoms with van der Waals surface area (Å²) in [4.78, 5) is 7.07. The molecule has 1 aromatic rings. The third-order valence-electron chi connectivity index (χ3n) is 4.48. The van der Waals surface area contributed by atoms with Crippen LogP contribution in [0.25, 0.3) is 0 Å². The van der Waals surface area contributed by atoms with Crippen LogP contribution in [0.4, 0.5) is 0 Å². The Morgan fingerprint density at radius 1 is 1.32 bits per heavy atom. The zero-order chi connectivity index (χ0) is 13.4. The number of fused-ring (bicyclic) bond motifs is 2. The molecule has 0 aliphatic carbocycles. The number of hydrogen-bond acceptors (Lipinski definition) is 4. The van der Waals surface area contributed by atoms with Crippen LogP contribution in [0.15, 0.2) is 6.33 Å². The smallest absolute Gasteiger partial charge is 0.141 e. The number of nitrogens with zero attached hydrogens (tertiary/aromatic N) is 4. The normalized spacial score (nSPS) is 31.3. The Morgan fingerprint density at radius 2 is 2.00 bits per heavy atom. The first-order chi connectivity index (χ1) is 9.13. The van der Waals surface area contributed by atoms with Crippen molar-refractivity contribution in [3.05, 3.63) is 12.2 Å². The van der Waals surface area contributed by atoms with Crippen molar-refractivity contribution in [2.75, 3.05) is 0 Å². The van der Waals surface area contributed by atoms with Gasteiger partial charge in [0, 0.05) is 24.7 Å². The average molecular weight is 263 g/mol. The van der Waals surface area contributed by atoms with Crippen molar-refractivity contribution in [1.29, 1.82) is 0 Å². The standard InChI is InChI=1S/C14H25N5/c1-10(2)7-19-14(16-9-17-19)8-18-12-3-4-13(18)6-11(15)5-12/h9-13H,3-8,15H2,1-2H3. The van der Waals surface area contributed by atoms with Crippen LogP contribution in [0.5, 0.6) is 0 Å². The second-order valence-electron chi connectivity index (χ2n) is 6.54. The van der Waals surface area contributed by atoms with E-state index in [2.05, 4.69) is 33.5 Å². The number of piperidine rings is 1. The lowest BCUT2D eigenvalue weighted by molar-refractivity contribution is 0.114. The van der Waals surface area contributed by atoms with Crippen LogP contribution in [0.3, 0.4) is 0 Å². The fraction of sp³-hybridized carbons (Fsp3) is 0.857. The molecule has 2 bridgehead atoms. The summed E-state index contributed by atoms with van der Waals surface area (Å²) in [5.41, 5.74) is 6.13. The Bertz CT molecular complexity index is 413. The van der Waals surface area contributed by atoms with Gasteiger partial charge >= 0.3 is 0 Å². The van der Waals surface area contributed by atoms with Gasteiger partial charge in [-0.1, -0.05) is 13.8 Å². The summed E-state index contributed by atoms with van der Waals surface area (Å²) in [5, 5.41) is 4.36. The second-order valence-corrected chi connectivity index (χ2v) is 6.54. The van der Waals surface area contributed by atoms with Gasteiger partial charge in [-0.2, -0.15) is 5.10 Å². The zero-order valence-electron chi connectivity index (χ0n) is 12.0. The van der Waals surface area contributed by atoms with Crippen LogP contribution in [-0.4, -0.2) is 37.8 Å². The molecule has 0 radical (unpaired) electrons. The van der Waals surface area contributed by atoms with E-state index in [0.29, 0.717) is 24.0 Å². The molecule has 3 rings (SSSR count). The molecule has 2 fully saturated rings. The van der Waals surface area contributed by atoms with Crippen molar-refractivity contribution in [1.82, 2.24) is 19.7 Å². The van der Waals surface area contributed by atoms with E-state index in [1.54, 1.807) is 6.33 Å². The van der Waals surface area contributed by atoms with E-state index in [1.807, 2.05) is 0 Å². The highest BCUT2D eigenvalue weighted by molar-refractivity contribution is 4.99. The molecule has 2 saturated heterocycles. The van der Waals surface area contributed by atoms with Gasteiger partial charge in [-0.25, -0.2) is 9.67 Å². The number of hydrogen-bond donors (Lipinski definition) is 1. The van der Waals surface area contributed by atoms with Gasteiger partial charge in [0.05, 0.1) is 6.54 Å². The molecule has 0 spiro atoms. The van der Waals surface area contributed by atoms with E-state index in [4.69, 9.17) is 5.73 Å². The highest BCUT2D eigenvalue weighted by atomic mass is 15.4. The Hall–Kier alpha value is -0.940. The first kappa shape index (κ1) is 13.1. The number of aromatic nitrogens is 3. The van der Waals surface area contributed by atoms with Crippen molar-refractivity contribution in [2.45, 2.75) is 70.7 Å². The van der Waals surface area contributed by atoms with E-state index < -0.39 is 0 Å². The van der Waals surface area contributed by atoms with E-state index in [0.717, 1.165) is 31.8 Å². The van der Waals surface area contributed by atoms with Crippen molar-refractivity contribution < 1.29 is 0 Å². The quantitative estimate of drug-likeness (QED) is 0.892. The number of rotatable bonds is 4. The Balaban J connectivity index is 1.70. The lowest BCUT2D eigenvalue weighted by Crippen LogP contribution is -2.47. The molecule has 1 aromatic heterocycles. The maximum absolute atomic E-state index is 6.13. The first-order valence-electron chi connectivity index (χ1n) is 7.51. The van der Waals surface area contributed by atoms with Crippen LogP contribution in [0, 0.1) is 5.92 Å². The van der Waals surface area contributed by atoms with Gasteiger partial charge in [0.1, 0.15) is 12.2 Å². The van der Waals surface area contributed by atoms with Gasteiger partial charge in [0.2, 0.25) is 0 Å². The molecule has 2 aliphatic heterocycles. The van der Waals surface area contributed by atoms with Crippen molar-refractivity contribution in [3.8, 4) is 0 Å². The highest BCUT2D eigenvalue weighted by Gasteiger charge is 2.39. The van der Waals surface area contributed by atoms with E-state index in [9.17, 15) is 0 Å². The van der Waals surface area contributed by atoms with Crippen LogP contribution < -0.4 is 5.73 Å². The zero-order valence-corrected chi connectivity index (χ0v) is 12.0. The molecular weight excluding hydrogens is 238 g/mol. The predicted molar refractivity (Wildman–Crippen MR) is 74.4 cm³/mol. The minimum atomic E-state index is 0.405. The summed E-state index contributed by atoms with van der Waals surface area (Å²) < 4.78 is 2.07. The van der Waals surface area contributed by atoms with Gasteiger partial charge < -0.3 is 5.73 Å². The van der Waals surface area contributed by atoms with Crippen molar-refractivity contribution in [2.24, 2.45) is 11.7 Å². The Labute approximate surface area is 115 Å². The Morgan fingerprint density at radius 3 is 2.63 bits per heavy atom. The monoisotopic (exact) mass is 263 g/mol. The van der Waals surface area contributed by atoms with Crippen LogP contribution in [0.1, 0.15) is 45.4 Å². The van der Waals surface area contributed by atoms with Crippen LogP contribution in [-0.2, 0) is 13.1 Å². The molecule has 5 nitrogen and oxygen atoms in total. The molecule has 3 heterocycles. The summed E-state index contributed by atoms with van der Waals surface area (Å²) in [6, 6.07) is 1.73. The fourth-order valence-corrected chi connectivity index (χ4v) is 3.65. The molecule has 2 atom stereocenters. The van der Waals surface area contributed by atoms with Gasteiger partial charge in [-0.3, -0.25) is 4.90 Å². The van der Waals surface area contributed by atoms with Crippen LogP contribution in [0.2, 0.25) is 0 Å². The van der Waals surface area contributed by atoms with Gasteiger partial charge in [-0.15, -0.1) is 0 Å². The second kappa shape index (κ2) is 5.21. The van der Waals surface area contributed by atoms with Gasteiger partial charge in [-0.05, 0) is 31.6 Å². The molecule has 0 saturated carbocycles. The Kier molecular flexibility index (Phi) is 3.58. The summed E-state index contributed by atoms with van der Waals surface area (Å²) in [6.07, 6.45) is 6.59. The molecule has 0 amide bonds. The summed E-state index contributed by atoms with van der Waals surface area (Å²) in [6.45, 7) is 6.33. The van der Waals surface area contributed by atoms with E-state index >= 15 is 0 Å². The average Bonchev–Trinajstić information content (AvgIpc) is 2.84. The van der Waals surface area contributed by atoms with Crippen molar-refractivity contribution >= 4 is 0 Å². The highest BCUT2D eigenvalue weighted by Crippen LogP contribution is 2.35. The molecule has 2 N–H and O–H groups in total. The maximum Gasteiger partial charge on any atom is 0.141 e. The molecular formula is C14H25N5. The summed E-state index contributed by atoms with van der Waals surface area (Å²) in [7, 11) is 0. The summed E-state index contributed by atoms with van der Waals surface area (Å²) >= 11 is 0. The summed E-state index contributed by atoms with van der Waals surface area (Å²) in [5.74, 6) is 1.72. The maximum atomic E-state index is 6.13. The molecule has 106 valence electrons. The van der Waals surface area contributed by atoms with Gasteiger partial charge in [0.15, 0.2) is 0 Å².